The van der Waals surface area contributed by atoms with Crippen molar-refractivity contribution in [1.82, 2.24) is 9.97 Å². The molecule has 0 saturated heterocycles. The van der Waals surface area contributed by atoms with E-state index in [4.69, 9.17) is 35.3 Å². The first-order chi connectivity index (χ1) is 8.06. The largest absolute Gasteiger partial charge is 0.385 e. The van der Waals surface area contributed by atoms with Crippen molar-refractivity contribution >= 4 is 35.5 Å². The maximum absolute atomic E-state index is 5.83. The van der Waals surface area contributed by atoms with Crippen molar-refractivity contribution in [2.24, 2.45) is 0 Å². The summed E-state index contributed by atoms with van der Waals surface area (Å²) in [5, 5.41) is 0.695. The second-order valence-electron chi connectivity index (χ2n) is 3.62. The molecule has 1 heterocycles. The molecule has 2 rings (SSSR count). The number of hydrogen-bond acceptors (Lipinski definition) is 4. The van der Waals surface area contributed by atoms with Crippen molar-refractivity contribution in [3.05, 3.63) is 45.2 Å². The van der Waals surface area contributed by atoms with Gasteiger partial charge in [0.05, 0.1) is 0 Å². The van der Waals surface area contributed by atoms with Gasteiger partial charge in [-0.3, -0.25) is 0 Å². The van der Waals surface area contributed by atoms with Crippen LogP contribution in [-0.4, -0.2) is 9.97 Å². The van der Waals surface area contributed by atoms with Crippen LogP contribution in [0.5, 0.6) is 0 Å². The summed E-state index contributed by atoms with van der Waals surface area (Å²) in [4.78, 5) is 6.77. The second-order valence-corrected chi connectivity index (χ2v) is 4.45. The van der Waals surface area contributed by atoms with E-state index in [2.05, 4.69) is 9.97 Å². The lowest BCUT2D eigenvalue weighted by Gasteiger charge is -2.08. The number of H-pyrrole nitrogens is 1. The van der Waals surface area contributed by atoms with Gasteiger partial charge >= 0.3 is 0 Å². The first kappa shape index (κ1) is 11.9. The highest BCUT2D eigenvalue weighted by atomic mass is 35.5. The van der Waals surface area contributed by atoms with Gasteiger partial charge in [0.2, 0.25) is 0 Å². The average molecular weight is 267 g/mol. The molecule has 0 radical (unpaired) electrons. The smallest absolute Gasteiger partial charge is 0.200 e. The minimum absolute atomic E-state index is 0.292. The fourth-order valence-electron chi connectivity index (χ4n) is 1.53. The summed E-state index contributed by atoms with van der Waals surface area (Å²) in [7, 11) is 0. The van der Waals surface area contributed by atoms with Crippen molar-refractivity contribution in [3.8, 4) is 0 Å². The highest BCUT2D eigenvalue weighted by Gasteiger charge is 2.07. The Balaban J connectivity index is 2.36. The number of halogens is 1. The summed E-state index contributed by atoms with van der Waals surface area (Å²) in [6, 6.07) is 7.48. The molecule has 0 unspecified atom stereocenters. The zero-order valence-electron chi connectivity index (χ0n) is 8.90. The number of benzene rings is 1. The van der Waals surface area contributed by atoms with E-state index < -0.39 is 0 Å². The fraction of sp³-hybridized carbons (Fsp3) is 0.0909. The van der Waals surface area contributed by atoms with E-state index >= 15 is 0 Å². The third-order valence-electron chi connectivity index (χ3n) is 2.39. The van der Waals surface area contributed by atoms with Gasteiger partial charge in [-0.2, -0.15) is 0 Å². The van der Waals surface area contributed by atoms with Crippen molar-refractivity contribution in [2.45, 2.75) is 6.42 Å². The monoisotopic (exact) mass is 266 g/mol. The minimum atomic E-state index is 0.292. The SMILES string of the molecule is Nc1nc(=S)[nH]c(N)c1Cc1ccc(Cl)cc1. The van der Waals surface area contributed by atoms with E-state index in [1.54, 1.807) is 0 Å². The van der Waals surface area contributed by atoms with Crippen LogP contribution >= 0.6 is 23.8 Å². The fourth-order valence-corrected chi connectivity index (χ4v) is 1.86. The zero-order valence-corrected chi connectivity index (χ0v) is 10.5. The molecule has 88 valence electrons. The average Bonchev–Trinajstić information content (AvgIpc) is 2.26. The van der Waals surface area contributed by atoms with E-state index in [1.165, 1.54) is 0 Å². The maximum atomic E-state index is 5.83. The number of nitrogen functional groups attached to an aromatic ring is 2. The van der Waals surface area contributed by atoms with Gasteiger partial charge in [-0.05, 0) is 29.9 Å². The lowest BCUT2D eigenvalue weighted by molar-refractivity contribution is 1.07. The van der Waals surface area contributed by atoms with Gasteiger partial charge in [-0.15, -0.1) is 0 Å². The quantitative estimate of drug-likeness (QED) is 0.730. The molecule has 1 aromatic heterocycles. The molecule has 6 heteroatoms. The number of rotatable bonds is 2. The topological polar surface area (TPSA) is 80.7 Å². The van der Waals surface area contributed by atoms with Crippen LogP contribution in [0.15, 0.2) is 24.3 Å². The molecule has 17 heavy (non-hydrogen) atoms. The third-order valence-corrected chi connectivity index (χ3v) is 2.84. The number of nitrogens with two attached hydrogens (primary N) is 2. The normalized spacial score (nSPS) is 10.4. The number of aromatic nitrogens is 2. The Morgan fingerprint density at radius 1 is 1.24 bits per heavy atom. The van der Waals surface area contributed by atoms with E-state index in [-0.39, 0.29) is 0 Å². The molecule has 0 saturated carbocycles. The molecule has 0 spiro atoms. The van der Waals surface area contributed by atoms with Crippen LogP contribution in [0.4, 0.5) is 11.6 Å². The molecule has 0 fully saturated rings. The summed E-state index contributed by atoms with van der Waals surface area (Å²) in [6.07, 6.45) is 0.591. The molecule has 0 aliphatic carbocycles. The van der Waals surface area contributed by atoms with E-state index in [0.29, 0.717) is 27.9 Å². The lowest BCUT2D eigenvalue weighted by Crippen LogP contribution is -2.06. The summed E-state index contributed by atoms with van der Waals surface area (Å²) in [6.45, 7) is 0. The third kappa shape index (κ3) is 2.75. The van der Waals surface area contributed by atoms with Crippen LogP contribution in [0.25, 0.3) is 0 Å². The Hall–Kier alpha value is -1.59. The summed E-state index contributed by atoms with van der Waals surface area (Å²) < 4.78 is 0.292. The maximum Gasteiger partial charge on any atom is 0.200 e. The van der Waals surface area contributed by atoms with Gasteiger partial charge in [0, 0.05) is 17.0 Å². The summed E-state index contributed by atoms with van der Waals surface area (Å²) >= 11 is 10.7. The Kier molecular flexibility index (Phi) is 3.31. The van der Waals surface area contributed by atoms with Crippen LogP contribution < -0.4 is 11.5 Å². The number of aromatic amines is 1. The molecular weight excluding hydrogens is 256 g/mol. The Bertz CT molecular complexity index is 565. The zero-order chi connectivity index (χ0) is 12.4. The molecular formula is C11H11ClN4S. The standard InChI is InChI=1S/C11H11ClN4S/c12-7-3-1-6(2-4-7)5-8-9(13)15-11(17)16-10(8)14/h1-4H,5H2,(H5,13,14,15,16,17). The Morgan fingerprint density at radius 2 is 1.88 bits per heavy atom. The molecule has 1 aromatic carbocycles. The van der Waals surface area contributed by atoms with Crippen LogP contribution in [0, 0.1) is 4.77 Å². The van der Waals surface area contributed by atoms with Crippen molar-refractivity contribution in [3.63, 3.8) is 0 Å². The van der Waals surface area contributed by atoms with Crippen LogP contribution in [0.2, 0.25) is 5.02 Å². The van der Waals surface area contributed by atoms with Gasteiger partial charge < -0.3 is 16.5 Å². The lowest BCUT2D eigenvalue weighted by atomic mass is 10.1. The van der Waals surface area contributed by atoms with Crippen molar-refractivity contribution in [2.75, 3.05) is 11.5 Å². The van der Waals surface area contributed by atoms with Gasteiger partial charge in [0.1, 0.15) is 11.6 Å². The number of anilines is 2. The summed E-state index contributed by atoms with van der Waals surface area (Å²) in [5.74, 6) is 0.818. The van der Waals surface area contributed by atoms with Crippen molar-refractivity contribution < 1.29 is 0 Å². The molecule has 2 aromatic rings. The Labute approximate surface area is 109 Å². The summed E-state index contributed by atoms with van der Waals surface area (Å²) in [5.41, 5.74) is 13.4. The van der Waals surface area contributed by atoms with E-state index in [0.717, 1.165) is 11.1 Å². The van der Waals surface area contributed by atoms with Gasteiger partial charge in [-0.25, -0.2) is 4.98 Å². The molecule has 0 aliphatic rings. The van der Waals surface area contributed by atoms with Gasteiger partial charge in [0.15, 0.2) is 4.77 Å². The predicted molar refractivity (Wildman–Crippen MR) is 72.5 cm³/mol. The van der Waals surface area contributed by atoms with Crippen LogP contribution in [0.3, 0.4) is 0 Å². The highest BCUT2D eigenvalue weighted by Crippen LogP contribution is 2.20. The molecule has 0 bridgehead atoms. The van der Waals surface area contributed by atoms with Crippen LogP contribution in [-0.2, 0) is 6.42 Å². The van der Waals surface area contributed by atoms with Gasteiger partial charge in [0.25, 0.3) is 0 Å². The number of nitrogens with one attached hydrogen (secondary N) is 1. The number of hydrogen-bond donors (Lipinski definition) is 3. The molecule has 4 nitrogen and oxygen atoms in total. The molecule has 5 N–H and O–H groups in total. The first-order valence-electron chi connectivity index (χ1n) is 4.95. The van der Waals surface area contributed by atoms with Crippen molar-refractivity contribution in [1.29, 1.82) is 0 Å². The molecule has 0 atom stereocenters. The highest BCUT2D eigenvalue weighted by molar-refractivity contribution is 7.71. The number of nitrogens with zero attached hydrogens (tertiary/aromatic N) is 1. The minimum Gasteiger partial charge on any atom is -0.385 e. The van der Waals surface area contributed by atoms with Crippen LogP contribution in [0.1, 0.15) is 11.1 Å². The Morgan fingerprint density at radius 3 is 2.47 bits per heavy atom. The first-order valence-corrected chi connectivity index (χ1v) is 5.73. The molecule has 0 amide bonds. The second kappa shape index (κ2) is 4.73. The van der Waals surface area contributed by atoms with E-state index in [1.807, 2.05) is 24.3 Å². The van der Waals surface area contributed by atoms with Gasteiger partial charge in [-0.1, -0.05) is 23.7 Å². The van der Waals surface area contributed by atoms with E-state index in [9.17, 15) is 0 Å². The predicted octanol–water partition coefficient (Wildman–Crippen LogP) is 2.55. The molecule has 0 aliphatic heterocycles.